The van der Waals surface area contributed by atoms with Crippen LogP contribution in [0.3, 0.4) is 0 Å². The van der Waals surface area contributed by atoms with Crippen LogP contribution in [0.2, 0.25) is 0 Å². The molecule has 6 nitrogen and oxygen atoms in total. The Morgan fingerprint density at radius 2 is 2.30 bits per heavy atom. The molecule has 1 N–H and O–H groups in total. The van der Waals surface area contributed by atoms with E-state index in [9.17, 15) is 8.42 Å². The van der Waals surface area contributed by atoms with E-state index in [1.165, 1.54) is 10.6 Å². The molecule has 3 heterocycles. The lowest BCUT2D eigenvalue weighted by atomic mass is 10.1. The van der Waals surface area contributed by atoms with Crippen molar-refractivity contribution >= 4 is 21.4 Å². The van der Waals surface area contributed by atoms with Gasteiger partial charge < -0.3 is 0 Å². The van der Waals surface area contributed by atoms with Gasteiger partial charge in [0.15, 0.2) is 0 Å². The first-order chi connectivity index (χ1) is 11.1. The van der Waals surface area contributed by atoms with Gasteiger partial charge in [-0.3, -0.25) is 9.58 Å². The summed E-state index contributed by atoms with van der Waals surface area (Å²) in [6.45, 7) is 4.81. The van der Waals surface area contributed by atoms with Crippen molar-refractivity contribution in [1.82, 2.24) is 19.4 Å². The first-order valence-electron chi connectivity index (χ1n) is 7.82. The highest BCUT2D eigenvalue weighted by molar-refractivity contribution is 7.89. The number of nitrogens with zero attached hydrogens (tertiary/aromatic N) is 3. The summed E-state index contributed by atoms with van der Waals surface area (Å²) in [5.41, 5.74) is 1.19. The third-order valence-corrected chi connectivity index (χ3v) is 6.36. The molecule has 8 heteroatoms. The second-order valence-electron chi connectivity index (χ2n) is 5.76. The van der Waals surface area contributed by atoms with Gasteiger partial charge >= 0.3 is 0 Å². The van der Waals surface area contributed by atoms with E-state index in [0.29, 0.717) is 6.54 Å². The quantitative estimate of drug-likeness (QED) is 0.824. The van der Waals surface area contributed by atoms with Gasteiger partial charge in [-0.15, -0.1) is 11.3 Å². The van der Waals surface area contributed by atoms with Crippen LogP contribution < -0.4 is 4.72 Å². The molecule has 0 unspecified atom stereocenters. The summed E-state index contributed by atoms with van der Waals surface area (Å²) in [5, 5.41) is 6.52. The van der Waals surface area contributed by atoms with Crippen molar-refractivity contribution in [3.63, 3.8) is 0 Å². The number of aromatic nitrogens is 2. The van der Waals surface area contributed by atoms with E-state index in [2.05, 4.69) is 32.2 Å². The maximum Gasteiger partial charge on any atom is 0.211 e. The zero-order valence-corrected chi connectivity index (χ0v) is 14.8. The number of nitrogens with one attached hydrogen (secondary N) is 1. The van der Waals surface area contributed by atoms with Gasteiger partial charge in [-0.1, -0.05) is 6.07 Å². The van der Waals surface area contributed by atoms with Gasteiger partial charge in [0.2, 0.25) is 10.0 Å². The van der Waals surface area contributed by atoms with Crippen molar-refractivity contribution < 1.29 is 8.42 Å². The lowest BCUT2D eigenvalue weighted by Gasteiger charge is -2.33. The Hall–Kier alpha value is -1.22. The fraction of sp³-hybridized carbons (Fsp3) is 0.533. The number of rotatable bonds is 7. The number of hydrogen-bond donors (Lipinski definition) is 1. The van der Waals surface area contributed by atoms with Crippen LogP contribution in [0, 0.1) is 0 Å². The third-order valence-electron chi connectivity index (χ3n) is 4.09. The smallest absolute Gasteiger partial charge is 0.211 e. The molecule has 0 spiro atoms. The van der Waals surface area contributed by atoms with Crippen LogP contribution in [-0.4, -0.2) is 41.9 Å². The van der Waals surface area contributed by atoms with Crippen LogP contribution in [0.5, 0.6) is 0 Å². The van der Waals surface area contributed by atoms with E-state index in [-0.39, 0.29) is 11.8 Å². The van der Waals surface area contributed by atoms with Crippen molar-refractivity contribution in [1.29, 1.82) is 0 Å². The van der Waals surface area contributed by atoms with Gasteiger partial charge in [-0.2, -0.15) is 5.10 Å². The Morgan fingerprint density at radius 3 is 3.04 bits per heavy atom. The molecule has 0 bridgehead atoms. The molecular weight excluding hydrogens is 332 g/mol. The maximum atomic E-state index is 11.6. The molecule has 0 saturated carbocycles. The van der Waals surface area contributed by atoms with Crippen LogP contribution >= 0.6 is 11.3 Å². The van der Waals surface area contributed by atoms with Gasteiger partial charge in [0, 0.05) is 37.3 Å². The molecule has 126 valence electrons. The Labute approximate surface area is 141 Å². The third kappa shape index (κ3) is 4.20. The van der Waals surface area contributed by atoms with Crippen molar-refractivity contribution in [3.05, 3.63) is 40.3 Å². The van der Waals surface area contributed by atoms with Crippen molar-refractivity contribution in [2.45, 2.75) is 32.5 Å². The molecule has 0 aliphatic carbocycles. The summed E-state index contributed by atoms with van der Waals surface area (Å²) in [4.78, 5) is 3.75. The molecule has 0 saturated heterocycles. The van der Waals surface area contributed by atoms with E-state index in [0.717, 1.165) is 26.1 Å². The van der Waals surface area contributed by atoms with E-state index >= 15 is 0 Å². The lowest BCUT2D eigenvalue weighted by molar-refractivity contribution is 0.163. The van der Waals surface area contributed by atoms with Crippen LogP contribution in [0.4, 0.5) is 0 Å². The zero-order valence-electron chi connectivity index (χ0n) is 13.2. The monoisotopic (exact) mass is 354 g/mol. The average molecular weight is 355 g/mol. The van der Waals surface area contributed by atoms with Gasteiger partial charge in [0.05, 0.1) is 17.5 Å². The normalized spacial score (nSPS) is 18.9. The summed E-state index contributed by atoms with van der Waals surface area (Å²) in [6.07, 6.45) is 2.57. The summed E-state index contributed by atoms with van der Waals surface area (Å²) < 4.78 is 27.8. The minimum atomic E-state index is -3.13. The first kappa shape index (κ1) is 16.6. The molecular formula is C15H22N4O2S2. The Kier molecular flexibility index (Phi) is 5.15. The van der Waals surface area contributed by atoms with E-state index < -0.39 is 10.0 Å². The summed E-state index contributed by atoms with van der Waals surface area (Å²) >= 11 is 1.77. The second-order valence-corrected chi connectivity index (χ2v) is 8.88. The SMILES string of the molecule is CCS(=O)(=O)NCC[C@H]1CN(Cc2cccs2)Cc2ccnn21. The minimum absolute atomic E-state index is 0.120. The van der Waals surface area contributed by atoms with Gasteiger partial charge in [0.1, 0.15) is 0 Å². The Morgan fingerprint density at radius 1 is 1.43 bits per heavy atom. The second kappa shape index (κ2) is 7.12. The highest BCUT2D eigenvalue weighted by Gasteiger charge is 2.25. The maximum absolute atomic E-state index is 11.6. The molecule has 1 aliphatic heterocycles. The summed E-state index contributed by atoms with van der Waals surface area (Å²) in [6, 6.07) is 6.48. The lowest BCUT2D eigenvalue weighted by Crippen LogP contribution is -2.38. The van der Waals surface area contributed by atoms with Gasteiger partial charge in [-0.05, 0) is 30.9 Å². The molecule has 0 amide bonds. The number of thiophene rings is 1. The van der Waals surface area contributed by atoms with E-state index in [1.54, 1.807) is 18.3 Å². The Bertz CT molecular complexity index is 725. The molecule has 3 rings (SSSR count). The molecule has 1 atom stereocenters. The minimum Gasteiger partial charge on any atom is -0.290 e. The van der Waals surface area contributed by atoms with E-state index in [4.69, 9.17) is 0 Å². The van der Waals surface area contributed by atoms with Gasteiger partial charge in [-0.25, -0.2) is 13.1 Å². The highest BCUT2D eigenvalue weighted by atomic mass is 32.2. The van der Waals surface area contributed by atoms with Crippen molar-refractivity contribution in [2.24, 2.45) is 0 Å². The van der Waals surface area contributed by atoms with Gasteiger partial charge in [0.25, 0.3) is 0 Å². The Balaban J connectivity index is 1.64. The van der Waals surface area contributed by atoms with Crippen molar-refractivity contribution in [2.75, 3.05) is 18.8 Å². The molecule has 2 aromatic heterocycles. The molecule has 0 aromatic carbocycles. The average Bonchev–Trinajstić information content (AvgIpc) is 3.18. The fourth-order valence-corrected chi connectivity index (χ4v) is 4.28. The largest absolute Gasteiger partial charge is 0.290 e. The van der Waals surface area contributed by atoms with Crippen LogP contribution in [0.1, 0.15) is 30.0 Å². The summed E-state index contributed by atoms with van der Waals surface area (Å²) in [5.74, 6) is 0.120. The standard InChI is InChI=1S/C15H22N4O2S2/c1-2-23(20,21)17-8-6-14-11-18(12-15-4-3-9-22-15)10-13-5-7-16-19(13)14/h3-5,7,9,14,17H,2,6,8,10-12H2,1H3/t14-/m0/s1. The topological polar surface area (TPSA) is 67.2 Å². The first-order valence-corrected chi connectivity index (χ1v) is 10.3. The van der Waals surface area contributed by atoms with Crippen LogP contribution in [0.25, 0.3) is 0 Å². The van der Waals surface area contributed by atoms with Crippen LogP contribution in [-0.2, 0) is 23.1 Å². The van der Waals surface area contributed by atoms with Crippen molar-refractivity contribution in [3.8, 4) is 0 Å². The predicted octanol–water partition coefficient (Wildman–Crippen LogP) is 1.83. The molecule has 2 aromatic rings. The molecule has 0 fully saturated rings. The molecule has 0 radical (unpaired) electrons. The molecule has 1 aliphatic rings. The fourth-order valence-electron chi connectivity index (χ4n) is 2.90. The predicted molar refractivity (Wildman–Crippen MR) is 91.8 cm³/mol. The highest BCUT2D eigenvalue weighted by Crippen LogP contribution is 2.25. The number of fused-ring (bicyclic) bond motifs is 1. The molecule has 23 heavy (non-hydrogen) atoms. The zero-order chi connectivity index (χ0) is 16.3. The number of sulfonamides is 1. The van der Waals surface area contributed by atoms with Crippen LogP contribution in [0.15, 0.2) is 29.8 Å². The van der Waals surface area contributed by atoms with E-state index in [1.807, 2.05) is 16.9 Å². The summed E-state index contributed by atoms with van der Waals surface area (Å²) in [7, 11) is -3.13. The number of hydrogen-bond acceptors (Lipinski definition) is 5.